The van der Waals surface area contributed by atoms with Crippen molar-refractivity contribution in [3.63, 3.8) is 0 Å². The van der Waals surface area contributed by atoms with Gasteiger partial charge in [-0.15, -0.1) is 11.3 Å². The van der Waals surface area contributed by atoms with Crippen molar-refractivity contribution < 1.29 is 17.6 Å². The fraction of sp³-hybridized carbons (Fsp3) is 0.350. The summed E-state index contributed by atoms with van der Waals surface area (Å²) in [4.78, 5) is 7.34. The zero-order chi connectivity index (χ0) is 19.9. The number of benzene rings is 1. The van der Waals surface area contributed by atoms with Gasteiger partial charge >= 0.3 is 0 Å². The van der Waals surface area contributed by atoms with Crippen LogP contribution in [-0.2, 0) is 14.6 Å². The Morgan fingerprint density at radius 2 is 1.79 bits per heavy atom. The van der Waals surface area contributed by atoms with E-state index in [9.17, 15) is 8.42 Å². The number of oxazole rings is 1. The molecule has 3 aromatic rings. The summed E-state index contributed by atoms with van der Waals surface area (Å²) in [5.41, 5.74) is 0.995. The highest BCUT2D eigenvalue weighted by Gasteiger charge is 2.34. The molecule has 1 aliphatic rings. The number of aromatic nitrogens is 1. The minimum absolute atomic E-state index is 0.0334. The summed E-state index contributed by atoms with van der Waals surface area (Å²) in [7, 11) is -3.82. The zero-order valence-corrected chi connectivity index (χ0v) is 17.6. The van der Waals surface area contributed by atoms with Crippen molar-refractivity contribution >= 4 is 27.1 Å². The summed E-state index contributed by atoms with van der Waals surface area (Å²) in [6.45, 7) is 6.93. The third kappa shape index (κ3) is 3.59. The van der Waals surface area contributed by atoms with E-state index in [0.717, 1.165) is 10.4 Å². The van der Waals surface area contributed by atoms with E-state index < -0.39 is 9.84 Å². The monoisotopic (exact) mass is 418 g/mol. The second-order valence-electron chi connectivity index (χ2n) is 7.09. The molecule has 0 spiro atoms. The van der Waals surface area contributed by atoms with Gasteiger partial charge in [0.05, 0.1) is 22.0 Å². The third-order valence-electron chi connectivity index (χ3n) is 4.60. The van der Waals surface area contributed by atoms with Gasteiger partial charge in [0.1, 0.15) is 0 Å². The van der Waals surface area contributed by atoms with Gasteiger partial charge in [0.2, 0.25) is 26.6 Å². The summed E-state index contributed by atoms with van der Waals surface area (Å²) in [6, 6.07) is 10.5. The number of nitrogens with zero attached hydrogens (tertiary/aromatic N) is 2. The average molecular weight is 419 g/mol. The zero-order valence-electron chi connectivity index (χ0n) is 16.0. The van der Waals surface area contributed by atoms with E-state index in [4.69, 9.17) is 9.15 Å². The molecule has 0 amide bonds. The van der Waals surface area contributed by atoms with Crippen LogP contribution in [0, 0.1) is 6.92 Å². The Morgan fingerprint density at radius 3 is 2.39 bits per heavy atom. The standard InChI is InChI=1S/C20H22N2O4S2/c1-13-6-8-16(9-7-13)28(23,24)19-20(22-11-14(2)25-15(3)12-22)26-18(21-19)17-5-4-10-27-17/h4-10,14-15H,11-12H2,1-3H3/t14-,15-/m0/s1. The van der Waals surface area contributed by atoms with Crippen LogP contribution in [0.2, 0.25) is 0 Å². The molecule has 0 saturated carbocycles. The molecular formula is C20H22N2O4S2. The van der Waals surface area contributed by atoms with Gasteiger partial charge < -0.3 is 14.1 Å². The first kappa shape index (κ1) is 19.2. The maximum absolute atomic E-state index is 13.4. The van der Waals surface area contributed by atoms with Gasteiger partial charge in [-0.3, -0.25) is 0 Å². The van der Waals surface area contributed by atoms with E-state index in [1.807, 2.05) is 43.2 Å². The molecule has 6 nitrogen and oxygen atoms in total. The van der Waals surface area contributed by atoms with Gasteiger partial charge in [-0.25, -0.2) is 8.42 Å². The van der Waals surface area contributed by atoms with Crippen LogP contribution in [0.4, 0.5) is 5.88 Å². The Hall–Kier alpha value is -2.16. The smallest absolute Gasteiger partial charge is 0.240 e. The molecule has 1 aliphatic heterocycles. The maximum Gasteiger partial charge on any atom is 0.240 e. The van der Waals surface area contributed by atoms with Crippen molar-refractivity contribution in [1.82, 2.24) is 4.98 Å². The lowest BCUT2D eigenvalue weighted by Crippen LogP contribution is -2.45. The molecule has 0 aliphatic carbocycles. The van der Waals surface area contributed by atoms with Gasteiger partial charge in [-0.1, -0.05) is 23.8 Å². The number of thiophene rings is 1. The topological polar surface area (TPSA) is 72.6 Å². The largest absolute Gasteiger partial charge is 0.418 e. The number of morpholine rings is 1. The van der Waals surface area contributed by atoms with E-state index in [-0.39, 0.29) is 28.0 Å². The molecule has 3 heterocycles. The van der Waals surface area contributed by atoms with Crippen LogP contribution in [0.1, 0.15) is 19.4 Å². The Morgan fingerprint density at radius 1 is 1.11 bits per heavy atom. The second kappa shape index (κ2) is 7.35. The number of hydrogen-bond donors (Lipinski definition) is 0. The number of aryl methyl sites for hydroxylation is 1. The summed E-state index contributed by atoms with van der Waals surface area (Å²) in [5.74, 6) is 0.605. The van der Waals surface area contributed by atoms with Crippen LogP contribution >= 0.6 is 11.3 Å². The lowest BCUT2D eigenvalue weighted by molar-refractivity contribution is -0.00657. The van der Waals surface area contributed by atoms with E-state index in [1.54, 1.807) is 24.3 Å². The fourth-order valence-electron chi connectivity index (χ4n) is 3.35. The normalized spacial score (nSPS) is 20.5. The van der Waals surface area contributed by atoms with E-state index >= 15 is 0 Å². The molecule has 2 aromatic heterocycles. The van der Waals surface area contributed by atoms with Crippen LogP contribution < -0.4 is 4.90 Å². The summed E-state index contributed by atoms with van der Waals surface area (Å²) in [5, 5.41) is 1.87. The van der Waals surface area contributed by atoms with Crippen LogP contribution in [0.3, 0.4) is 0 Å². The molecule has 1 aromatic carbocycles. The molecule has 0 bridgehead atoms. The first-order chi connectivity index (χ1) is 13.3. The third-order valence-corrected chi connectivity index (χ3v) is 7.13. The molecule has 1 fully saturated rings. The number of rotatable bonds is 4. The van der Waals surface area contributed by atoms with Crippen LogP contribution in [-0.4, -0.2) is 38.7 Å². The molecule has 148 valence electrons. The van der Waals surface area contributed by atoms with Crippen molar-refractivity contribution in [3.8, 4) is 10.8 Å². The lowest BCUT2D eigenvalue weighted by Gasteiger charge is -2.35. The summed E-state index contributed by atoms with van der Waals surface area (Å²) >= 11 is 1.46. The van der Waals surface area contributed by atoms with Crippen LogP contribution in [0.15, 0.2) is 56.1 Å². The molecule has 4 rings (SSSR count). The maximum atomic E-state index is 13.4. The quantitative estimate of drug-likeness (QED) is 0.634. The molecular weight excluding hydrogens is 396 g/mol. The van der Waals surface area contributed by atoms with Crippen molar-refractivity contribution in [2.24, 2.45) is 0 Å². The molecule has 1 saturated heterocycles. The van der Waals surface area contributed by atoms with Gasteiger partial charge in [0.25, 0.3) is 0 Å². The summed E-state index contributed by atoms with van der Waals surface area (Å²) < 4.78 is 38.6. The molecule has 8 heteroatoms. The first-order valence-corrected chi connectivity index (χ1v) is 11.5. The Balaban J connectivity index is 1.84. The number of hydrogen-bond acceptors (Lipinski definition) is 7. The SMILES string of the molecule is Cc1ccc(S(=O)(=O)c2nc(-c3cccs3)oc2N2C[C@H](C)O[C@@H](C)C2)cc1. The highest BCUT2D eigenvalue weighted by molar-refractivity contribution is 7.91. The predicted molar refractivity (Wildman–Crippen MR) is 109 cm³/mol. The van der Waals surface area contributed by atoms with Gasteiger partial charge in [-0.2, -0.15) is 4.98 Å². The number of ether oxygens (including phenoxy) is 1. The van der Waals surface area contributed by atoms with E-state index in [1.165, 1.54) is 11.3 Å². The van der Waals surface area contributed by atoms with Crippen molar-refractivity contribution in [2.75, 3.05) is 18.0 Å². The van der Waals surface area contributed by atoms with Gasteiger partial charge in [0.15, 0.2) is 0 Å². The highest BCUT2D eigenvalue weighted by atomic mass is 32.2. The molecule has 0 radical (unpaired) electrons. The Bertz CT molecular complexity index is 1050. The Labute approximate surface area is 168 Å². The molecule has 0 N–H and O–H groups in total. The molecule has 28 heavy (non-hydrogen) atoms. The number of anilines is 1. The minimum Gasteiger partial charge on any atom is -0.418 e. The lowest BCUT2D eigenvalue weighted by atomic mass is 10.2. The van der Waals surface area contributed by atoms with Crippen LogP contribution in [0.5, 0.6) is 0 Å². The Kier molecular flexibility index (Phi) is 5.03. The van der Waals surface area contributed by atoms with Gasteiger partial charge in [-0.05, 0) is 44.4 Å². The highest BCUT2D eigenvalue weighted by Crippen LogP contribution is 2.37. The number of sulfone groups is 1. The molecule has 0 unspecified atom stereocenters. The second-order valence-corrected chi connectivity index (χ2v) is 9.90. The van der Waals surface area contributed by atoms with Crippen molar-refractivity contribution in [2.45, 2.75) is 42.9 Å². The van der Waals surface area contributed by atoms with Crippen molar-refractivity contribution in [3.05, 3.63) is 47.3 Å². The summed E-state index contributed by atoms with van der Waals surface area (Å²) in [6.07, 6.45) is -0.0667. The first-order valence-electron chi connectivity index (χ1n) is 9.11. The van der Waals surface area contributed by atoms with E-state index in [2.05, 4.69) is 4.98 Å². The van der Waals surface area contributed by atoms with E-state index in [0.29, 0.717) is 19.0 Å². The van der Waals surface area contributed by atoms with Gasteiger partial charge in [0, 0.05) is 13.1 Å². The average Bonchev–Trinajstić information content (AvgIpc) is 3.31. The molecule has 2 atom stereocenters. The fourth-order valence-corrected chi connectivity index (χ4v) is 5.32. The van der Waals surface area contributed by atoms with Crippen molar-refractivity contribution in [1.29, 1.82) is 0 Å². The predicted octanol–water partition coefficient (Wildman–Crippen LogP) is 4.16. The van der Waals surface area contributed by atoms with Crippen LogP contribution in [0.25, 0.3) is 10.8 Å². The minimum atomic E-state index is -3.82.